The van der Waals surface area contributed by atoms with Gasteiger partial charge in [-0.15, -0.1) is 11.6 Å². The Balaban J connectivity index is 0.000000330. The van der Waals surface area contributed by atoms with Crippen molar-refractivity contribution in [2.75, 3.05) is 16.5 Å². The van der Waals surface area contributed by atoms with E-state index in [-0.39, 0.29) is 23.5 Å². The maximum absolute atomic E-state index is 12.4. The van der Waals surface area contributed by atoms with Crippen molar-refractivity contribution in [3.63, 3.8) is 0 Å². The Hall–Kier alpha value is -2.79. The zero-order valence-corrected chi connectivity index (χ0v) is 18.8. The molecule has 7 nitrogen and oxygen atoms in total. The van der Waals surface area contributed by atoms with Crippen LogP contribution in [-0.4, -0.2) is 37.7 Å². The minimum absolute atomic E-state index is 0.0209. The van der Waals surface area contributed by atoms with Crippen molar-refractivity contribution >= 4 is 44.6 Å². The van der Waals surface area contributed by atoms with E-state index in [9.17, 15) is 31.2 Å². The quantitative estimate of drug-likeness (QED) is 0.471. The summed E-state index contributed by atoms with van der Waals surface area (Å²) in [6, 6.07) is 14.5. The van der Waals surface area contributed by atoms with E-state index in [2.05, 4.69) is 0 Å². The molecule has 0 saturated carbocycles. The van der Waals surface area contributed by atoms with E-state index >= 15 is 0 Å². The number of amides is 2. The zero-order valence-electron chi connectivity index (χ0n) is 17.2. The highest BCUT2D eigenvalue weighted by molar-refractivity contribution is 7.93. The molecule has 0 aliphatic rings. The number of benzene rings is 2. The molecule has 2 rings (SSSR count). The van der Waals surface area contributed by atoms with Crippen LogP contribution in [0.2, 0.25) is 0 Å². The third-order valence-electron chi connectivity index (χ3n) is 4.10. The predicted octanol–water partition coefficient (Wildman–Crippen LogP) is 3.40. The number of nitrogens with two attached hydrogens (primary N) is 2. The molecule has 0 heterocycles. The molecule has 32 heavy (non-hydrogen) atoms. The SMILES string of the molecule is CC(C)N(C(=O)CCl)c1ccccc1.NC(=O)C(c1ccccc1N)S(=O)(=O)C(F)(F)F. The van der Waals surface area contributed by atoms with E-state index in [1.807, 2.05) is 44.2 Å². The summed E-state index contributed by atoms with van der Waals surface area (Å²) in [4.78, 5) is 24.3. The van der Waals surface area contributed by atoms with Crippen LogP contribution in [-0.2, 0) is 19.4 Å². The Morgan fingerprint density at radius 1 is 1.03 bits per heavy atom. The molecule has 0 aliphatic heterocycles. The fourth-order valence-electron chi connectivity index (χ4n) is 2.74. The molecule has 1 atom stereocenters. The van der Waals surface area contributed by atoms with Crippen molar-refractivity contribution in [3.05, 3.63) is 60.2 Å². The number of nitrogens with zero attached hydrogens (tertiary/aromatic N) is 1. The first kappa shape index (κ1) is 27.2. The van der Waals surface area contributed by atoms with Crippen LogP contribution in [0.5, 0.6) is 0 Å². The van der Waals surface area contributed by atoms with Crippen molar-refractivity contribution in [1.82, 2.24) is 0 Å². The molecule has 2 amide bonds. The van der Waals surface area contributed by atoms with Crippen molar-refractivity contribution in [2.45, 2.75) is 30.6 Å². The van der Waals surface area contributed by atoms with E-state index in [1.54, 1.807) is 4.90 Å². The number of alkyl halides is 4. The molecule has 0 radical (unpaired) electrons. The standard InChI is InChI=1S/C11H14ClNO.C9H9F3N2O3S/c1-9(2)13(11(14)8-12)10-6-4-3-5-7-10;10-9(11,12)18(16,17)7(8(14)15)5-3-1-2-4-6(5)13/h3-7,9H,8H2,1-2H3;1-4,7H,13H2,(H2,14,15). The summed E-state index contributed by atoms with van der Waals surface area (Å²) in [6.07, 6.45) is 0. The Bertz CT molecular complexity index is 1030. The number of carbonyl (C=O) groups is 2. The van der Waals surface area contributed by atoms with Gasteiger partial charge in [0.25, 0.3) is 9.84 Å². The van der Waals surface area contributed by atoms with E-state index in [0.717, 1.165) is 11.8 Å². The summed E-state index contributed by atoms with van der Waals surface area (Å²) in [5.41, 5.74) is 4.68. The van der Waals surface area contributed by atoms with E-state index in [1.165, 1.54) is 18.2 Å². The second kappa shape index (κ2) is 11.2. The Labute approximate surface area is 189 Å². The molecule has 176 valence electrons. The summed E-state index contributed by atoms with van der Waals surface area (Å²) in [5, 5.41) is -2.54. The van der Waals surface area contributed by atoms with Crippen LogP contribution >= 0.6 is 11.6 Å². The van der Waals surface area contributed by atoms with E-state index in [0.29, 0.717) is 0 Å². The van der Waals surface area contributed by atoms with Crippen LogP contribution in [0.4, 0.5) is 24.5 Å². The molecular formula is C20H23ClF3N3O4S. The van der Waals surface area contributed by atoms with Crippen LogP contribution in [0, 0.1) is 0 Å². The highest BCUT2D eigenvalue weighted by atomic mass is 35.5. The zero-order chi connectivity index (χ0) is 24.7. The van der Waals surface area contributed by atoms with Crippen LogP contribution in [0.1, 0.15) is 24.7 Å². The number of sulfone groups is 1. The Morgan fingerprint density at radius 3 is 1.94 bits per heavy atom. The Kier molecular flexibility index (Phi) is 9.52. The smallest absolute Gasteiger partial charge is 0.398 e. The molecule has 4 N–H and O–H groups in total. The first-order chi connectivity index (χ1) is 14.8. The average Bonchev–Trinajstić information content (AvgIpc) is 2.69. The minimum Gasteiger partial charge on any atom is -0.398 e. The monoisotopic (exact) mass is 493 g/mol. The van der Waals surface area contributed by atoms with Gasteiger partial charge >= 0.3 is 5.51 Å². The van der Waals surface area contributed by atoms with Crippen molar-refractivity contribution in [3.8, 4) is 0 Å². The van der Waals surface area contributed by atoms with Gasteiger partial charge in [-0.2, -0.15) is 13.2 Å². The van der Waals surface area contributed by atoms with Gasteiger partial charge in [-0.3, -0.25) is 9.59 Å². The number of halogens is 4. The molecule has 0 spiro atoms. The molecule has 0 aliphatic carbocycles. The lowest BCUT2D eigenvalue weighted by atomic mass is 10.1. The molecule has 1 unspecified atom stereocenters. The van der Waals surface area contributed by atoms with Crippen LogP contribution in [0.3, 0.4) is 0 Å². The van der Waals surface area contributed by atoms with Gasteiger partial charge in [-0.1, -0.05) is 36.4 Å². The number of anilines is 2. The van der Waals surface area contributed by atoms with Crippen LogP contribution < -0.4 is 16.4 Å². The summed E-state index contributed by atoms with van der Waals surface area (Å²) in [5.74, 6) is -1.68. The van der Waals surface area contributed by atoms with E-state index < -0.39 is 32.1 Å². The van der Waals surface area contributed by atoms with Gasteiger partial charge in [-0.05, 0) is 32.0 Å². The number of hydrogen-bond acceptors (Lipinski definition) is 5. The third-order valence-corrected chi connectivity index (χ3v) is 6.08. The van der Waals surface area contributed by atoms with Crippen molar-refractivity contribution < 1.29 is 31.2 Å². The van der Waals surface area contributed by atoms with E-state index in [4.69, 9.17) is 23.1 Å². The summed E-state index contributed by atoms with van der Waals surface area (Å²) in [6.45, 7) is 3.94. The average molecular weight is 494 g/mol. The maximum atomic E-state index is 12.4. The van der Waals surface area contributed by atoms with Gasteiger partial charge in [0.2, 0.25) is 11.8 Å². The fraction of sp³-hybridized carbons (Fsp3) is 0.300. The normalized spacial score (nSPS) is 12.5. The number of hydrogen-bond donors (Lipinski definition) is 2. The lowest BCUT2D eigenvalue weighted by Gasteiger charge is -2.25. The number of primary amides is 1. The fourth-order valence-corrected chi connectivity index (χ4v) is 3.99. The third kappa shape index (κ3) is 6.60. The Morgan fingerprint density at radius 2 is 1.53 bits per heavy atom. The van der Waals surface area contributed by atoms with Crippen LogP contribution in [0.25, 0.3) is 0 Å². The highest BCUT2D eigenvalue weighted by Crippen LogP contribution is 2.37. The van der Waals surface area contributed by atoms with Gasteiger partial charge in [-0.25, -0.2) is 8.42 Å². The van der Waals surface area contributed by atoms with Gasteiger partial charge < -0.3 is 16.4 Å². The number of para-hydroxylation sites is 2. The lowest BCUT2D eigenvalue weighted by molar-refractivity contribution is -0.118. The van der Waals surface area contributed by atoms with Gasteiger partial charge in [0.15, 0.2) is 5.25 Å². The number of carbonyl (C=O) groups excluding carboxylic acids is 2. The maximum Gasteiger partial charge on any atom is 0.498 e. The molecule has 0 saturated heterocycles. The predicted molar refractivity (Wildman–Crippen MR) is 118 cm³/mol. The topological polar surface area (TPSA) is 124 Å². The molecule has 2 aromatic rings. The summed E-state index contributed by atoms with van der Waals surface area (Å²) < 4.78 is 59.8. The van der Waals surface area contributed by atoms with Gasteiger partial charge in [0, 0.05) is 23.0 Å². The molecule has 0 aromatic heterocycles. The first-order valence-electron chi connectivity index (χ1n) is 9.12. The first-order valence-corrected chi connectivity index (χ1v) is 11.2. The lowest BCUT2D eigenvalue weighted by Crippen LogP contribution is -2.37. The minimum atomic E-state index is -5.77. The van der Waals surface area contributed by atoms with Gasteiger partial charge in [0.1, 0.15) is 5.88 Å². The highest BCUT2D eigenvalue weighted by Gasteiger charge is 2.53. The molecule has 12 heteroatoms. The van der Waals surface area contributed by atoms with Crippen molar-refractivity contribution in [2.24, 2.45) is 5.73 Å². The largest absolute Gasteiger partial charge is 0.498 e. The van der Waals surface area contributed by atoms with Crippen LogP contribution in [0.15, 0.2) is 54.6 Å². The summed E-state index contributed by atoms with van der Waals surface area (Å²) >= 11 is 5.55. The van der Waals surface area contributed by atoms with Gasteiger partial charge in [0.05, 0.1) is 0 Å². The summed E-state index contributed by atoms with van der Waals surface area (Å²) in [7, 11) is -5.77. The molecule has 2 aromatic carbocycles. The second-order valence-electron chi connectivity index (χ2n) is 6.73. The van der Waals surface area contributed by atoms with Crippen molar-refractivity contribution in [1.29, 1.82) is 0 Å². The molecule has 0 fully saturated rings. The molecule has 0 bridgehead atoms. The second-order valence-corrected chi connectivity index (χ2v) is 9.02. The molecular weight excluding hydrogens is 471 g/mol. The number of nitrogen functional groups attached to an aromatic ring is 1. The number of rotatable bonds is 6.